The number of para-hydroxylation sites is 1. The van der Waals surface area contributed by atoms with E-state index in [1.807, 2.05) is 61.5 Å². The van der Waals surface area contributed by atoms with Gasteiger partial charge in [0.05, 0.1) is 14.2 Å². The van der Waals surface area contributed by atoms with Crippen molar-refractivity contribution in [1.29, 1.82) is 0 Å². The largest absolute Gasteiger partial charge is 0.497 e. The summed E-state index contributed by atoms with van der Waals surface area (Å²) in [6, 6.07) is 21.1. The third-order valence-electron chi connectivity index (χ3n) is 4.88. The molecule has 0 fully saturated rings. The Labute approximate surface area is 177 Å². The summed E-state index contributed by atoms with van der Waals surface area (Å²) >= 11 is 0. The number of hydrogen-bond acceptors (Lipinski definition) is 4. The quantitative estimate of drug-likeness (QED) is 0.567. The van der Waals surface area contributed by atoms with E-state index in [4.69, 9.17) is 14.2 Å². The molecule has 0 bridgehead atoms. The highest BCUT2D eigenvalue weighted by Crippen LogP contribution is 2.24. The summed E-state index contributed by atoms with van der Waals surface area (Å²) < 4.78 is 16.5. The molecule has 0 aromatic heterocycles. The van der Waals surface area contributed by atoms with Crippen LogP contribution in [0.15, 0.2) is 66.7 Å². The van der Waals surface area contributed by atoms with Crippen LogP contribution in [-0.2, 0) is 13.0 Å². The number of carbonyl (C=O) groups is 1. The number of hydrogen-bond donors (Lipinski definition) is 1. The monoisotopic (exact) mass is 405 g/mol. The Kier molecular flexibility index (Phi) is 7.33. The van der Waals surface area contributed by atoms with Crippen LogP contribution in [-0.4, -0.2) is 26.7 Å². The van der Waals surface area contributed by atoms with Crippen molar-refractivity contribution in [2.24, 2.45) is 0 Å². The lowest BCUT2D eigenvalue weighted by atomic mass is 10.1. The van der Waals surface area contributed by atoms with E-state index in [0.29, 0.717) is 24.5 Å². The van der Waals surface area contributed by atoms with Gasteiger partial charge < -0.3 is 19.5 Å². The number of methoxy groups -OCH3 is 2. The van der Waals surface area contributed by atoms with Crippen molar-refractivity contribution in [3.8, 4) is 17.2 Å². The molecular formula is C25H27NO4. The van der Waals surface area contributed by atoms with Gasteiger partial charge in [-0.3, -0.25) is 4.79 Å². The van der Waals surface area contributed by atoms with Crippen molar-refractivity contribution in [2.75, 3.05) is 20.8 Å². The molecule has 0 spiro atoms. The molecule has 1 N–H and O–H groups in total. The molecule has 0 radical (unpaired) electrons. The van der Waals surface area contributed by atoms with Crippen LogP contribution in [0.3, 0.4) is 0 Å². The average Bonchev–Trinajstić information content (AvgIpc) is 2.78. The Morgan fingerprint density at radius 2 is 1.67 bits per heavy atom. The zero-order valence-corrected chi connectivity index (χ0v) is 17.6. The Bertz CT molecular complexity index is 983. The molecule has 0 unspecified atom stereocenters. The summed E-state index contributed by atoms with van der Waals surface area (Å²) in [4.78, 5) is 12.6. The first-order valence-electron chi connectivity index (χ1n) is 9.87. The molecule has 30 heavy (non-hydrogen) atoms. The van der Waals surface area contributed by atoms with E-state index in [9.17, 15) is 4.79 Å². The smallest absolute Gasteiger partial charge is 0.251 e. The first kappa shape index (κ1) is 21.2. The first-order valence-corrected chi connectivity index (χ1v) is 9.87. The van der Waals surface area contributed by atoms with Crippen molar-refractivity contribution < 1.29 is 19.0 Å². The summed E-state index contributed by atoms with van der Waals surface area (Å²) in [6.07, 6.45) is 0.745. The Hall–Kier alpha value is -3.47. The molecule has 0 heterocycles. The second-order valence-electron chi connectivity index (χ2n) is 6.93. The standard InChI is InChI=1S/C25H27NO4/c1-18-6-4-5-7-23(18)30-17-21-16-20(10-13-24(21)29-3)25(27)26-15-14-19-8-11-22(28-2)12-9-19/h4-13,16H,14-15,17H2,1-3H3,(H,26,27). The van der Waals surface area contributed by atoms with Crippen LogP contribution < -0.4 is 19.5 Å². The number of nitrogens with one attached hydrogen (secondary N) is 1. The van der Waals surface area contributed by atoms with Crippen molar-refractivity contribution in [1.82, 2.24) is 5.32 Å². The molecule has 3 aromatic rings. The van der Waals surface area contributed by atoms with Crippen LogP contribution in [0.4, 0.5) is 0 Å². The van der Waals surface area contributed by atoms with Crippen LogP contribution in [0.25, 0.3) is 0 Å². The van der Waals surface area contributed by atoms with Gasteiger partial charge in [-0.25, -0.2) is 0 Å². The lowest BCUT2D eigenvalue weighted by Gasteiger charge is -2.13. The molecule has 0 aliphatic rings. The lowest BCUT2D eigenvalue weighted by molar-refractivity contribution is 0.0954. The average molecular weight is 405 g/mol. The second-order valence-corrected chi connectivity index (χ2v) is 6.93. The van der Waals surface area contributed by atoms with Gasteiger partial charge in [-0.05, 0) is 60.9 Å². The van der Waals surface area contributed by atoms with Gasteiger partial charge in [-0.2, -0.15) is 0 Å². The van der Waals surface area contributed by atoms with E-state index in [-0.39, 0.29) is 5.91 Å². The molecule has 0 saturated heterocycles. The molecule has 0 atom stereocenters. The SMILES string of the molecule is COc1ccc(CCNC(=O)c2ccc(OC)c(COc3ccccc3C)c2)cc1. The van der Waals surface area contributed by atoms with E-state index in [1.165, 1.54) is 0 Å². The number of benzene rings is 3. The summed E-state index contributed by atoms with van der Waals surface area (Å²) in [6.45, 7) is 2.87. The fourth-order valence-electron chi connectivity index (χ4n) is 3.12. The van der Waals surface area contributed by atoms with E-state index < -0.39 is 0 Å². The minimum Gasteiger partial charge on any atom is -0.497 e. The number of amides is 1. The molecule has 5 heteroatoms. The highest BCUT2D eigenvalue weighted by molar-refractivity contribution is 5.94. The predicted octanol–water partition coefficient (Wildman–Crippen LogP) is 4.56. The third kappa shape index (κ3) is 5.54. The normalized spacial score (nSPS) is 10.4. The molecule has 5 nitrogen and oxygen atoms in total. The molecule has 156 valence electrons. The fraction of sp³-hybridized carbons (Fsp3) is 0.240. The maximum absolute atomic E-state index is 12.6. The minimum absolute atomic E-state index is 0.122. The van der Waals surface area contributed by atoms with E-state index in [0.717, 1.165) is 34.6 Å². The molecule has 3 aromatic carbocycles. The molecule has 0 aliphatic heterocycles. The maximum atomic E-state index is 12.6. The van der Waals surface area contributed by atoms with Crippen molar-refractivity contribution in [3.05, 3.63) is 89.0 Å². The number of rotatable bonds is 9. The number of carbonyl (C=O) groups excluding carboxylic acids is 1. The highest BCUT2D eigenvalue weighted by atomic mass is 16.5. The minimum atomic E-state index is -0.122. The van der Waals surface area contributed by atoms with Crippen molar-refractivity contribution in [2.45, 2.75) is 20.0 Å². The van der Waals surface area contributed by atoms with Crippen LogP contribution in [0, 0.1) is 6.92 Å². The summed E-state index contributed by atoms with van der Waals surface area (Å²) in [5, 5.41) is 2.97. The lowest BCUT2D eigenvalue weighted by Crippen LogP contribution is -2.25. The molecule has 0 saturated carbocycles. The number of ether oxygens (including phenoxy) is 3. The van der Waals surface area contributed by atoms with Gasteiger partial charge in [-0.1, -0.05) is 30.3 Å². The molecular weight excluding hydrogens is 378 g/mol. The van der Waals surface area contributed by atoms with Crippen molar-refractivity contribution in [3.63, 3.8) is 0 Å². The first-order chi connectivity index (χ1) is 14.6. The third-order valence-corrected chi connectivity index (χ3v) is 4.88. The van der Waals surface area contributed by atoms with Gasteiger partial charge in [0.15, 0.2) is 0 Å². The molecule has 1 amide bonds. The van der Waals surface area contributed by atoms with Crippen LogP contribution in [0.1, 0.15) is 27.0 Å². The molecule has 3 rings (SSSR count). The van der Waals surface area contributed by atoms with Crippen LogP contribution in [0.5, 0.6) is 17.2 Å². The van der Waals surface area contributed by atoms with E-state index in [1.54, 1.807) is 26.4 Å². The van der Waals surface area contributed by atoms with Crippen molar-refractivity contribution >= 4 is 5.91 Å². The summed E-state index contributed by atoms with van der Waals surface area (Å²) in [5.41, 5.74) is 3.60. The van der Waals surface area contributed by atoms with Gasteiger partial charge in [0.25, 0.3) is 5.91 Å². The second kappa shape index (κ2) is 10.3. The maximum Gasteiger partial charge on any atom is 0.251 e. The van der Waals surface area contributed by atoms with Crippen LogP contribution >= 0.6 is 0 Å². The van der Waals surface area contributed by atoms with Gasteiger partial charge in [0, 0.05) is 17.7 Å². The summed E-state index contributed by atoms with van der Waals surface area (Å²) in [5.74, 6) is 2.21. The fourth-order valence-corrected chi connectivity index (χ4v) is 3.12. The van der Waals surface area contributed by atoms with E-state index in [2.05, 4.69) is 5.32 Å². The zero-order chi connectivity index (χ0) is 21.3. The van der Waals surface area contributed by atoms with Gasteiger partial charge in [0.1, 0.15) is 23.9 Å². The zero-order valence-electron chi connectivity index (χ0n) is 17.6. The van der Waals surface area contributed by atoms with Gasteiger partial charge >= 0.3 is 0 Å². The van der Waals surface area contributed by atoms with Gasteiger partial charge in [0.2, 0.25) is 0 Å². The Morgan fingerprint density at radius 3 is 2.37 bits per heavy atom. The van der Waals surface area contributed by atoms with Gasteiger partial charge in [-0.15, -0.1) is 0 Å². The summed E-state index contributed by atoms with van der Waals surface area (Å²) in [7, 11) is 3.26. The topological polar surface area (TPSA) is 56.8 Å². The number of aryl methyl sites for hydroxylation is 1. The Morgan fingerprint density at radius 1 is 0.900 bits per heavy atom. The molecule has 0 aliphatic carbocycles. The Balaban J connectivity index is 1.61. The predicted molar refractivity (Wildman–Crippen MR) is 118 cm³/mol. The highest BCUT2D eigenvalue weighted by Gasteiger charge is 2.11. The van der Waals surface area contributed by atoms with E-state index >= 15 is 0 Å². The van der Waals surface area contributed by atoms with Crippen LogP contribution in [0.2, 0.25) is 0 Å².